The van der Waals surface area contributed by atoms with E-state index in [-0.39, 0.29) is 0 Å². The lowest BCUT2D eigenvalue weighted by Crippen LogP contribution is -2.29. The number of hydrogen-bond donors (Lipinski definition) is 2. The lowest BCUT2D eigenvalue weighted by Gasteiger charge is -2.22. The van der Waals surface area contributed by atoms with Gasteiger partial charge in [-0.15, -0.1) is 0 Å². The van der Waals surface area contributed by atoms with Crippen molar-refractivity contribution < 1.29 is 0 Å². The van der Waals surface area contributed by atoms with Gasteiger partial charge in [-0.25, -0.2) is 4.98 Å². The van der Waals surface area contributed by atoms with Crippen LogP contribution in [0.2, 0.25) is 0 Å². The van der Waals surface area contributed by atoms with Gasteiger partial charge in [-0.05, 0) is 31.5 Å². The summed E-state index contributed by atoms with van der Waals surface area (Å²) >= 11 is 0. The molecule has 3 N–H and O–H groups in total. The van der Waals surface area contributed by atoms with Crippen LogP contribution in [0.4, 0.5) is 0 Å². The first-order chi connectivity index (χ1) is 8.40. The van der Waals surface area contributed by atoms with Crippen molar-refractivity contribution in [1.29, 1.82) is 0 Å². The number of nitrogens with two attached hydrogens (primary N) is 1. The zero-order valence-corrected chi connectivity index (χ0v) is 9.89. The van der Waals surface area contributed by atoms with Gasteiger partial charge in [-0.2, -0.15) is 0 Å². The number of nitrogens with zero attached hydrogens (tertiary/aromatic N) is 2. The molecule has 0 saturated carbocycles. The molecule has 3 rings (SSSR count). The van der Waals surface area contributed by atoms with Gasteiger partial charge < -0.3 is 11.1 Å². The van der Waals surface area contributed by atoms with Crippen LogP contribution >= 0.6 is 0 Å². The van der Waals surface area contributed by atoms with Crippen molar-refractivity contribution in [2.75, 3.05) is 13.1 Å². The third-order valence-electron chi connectivity index (χ3n) is 3.53. The minimum atomic E-state index is 0.513. The van der Waals surface area contributed by atoms with E-state index in [2.05, 4.69) is 26.8 Å². The van der Waals surface area contributed by atoms with Gasteiger partial charge in [-0.3, -0.25) is 4.40 Å². The molecular weight excluding hydrogens is 212 g/mol. The molecule has 1 aliphatic heterocycles. The highest BCUT2D eigenvalue weighted by molar-refractivity contribution is 5.48. The van der Waals surface area contributed by atoms with E-state index >= 15 is 0 Å². The summed E-state index contributed by atoms with van der Waals surface area (Å²) in [6.07, 6.45) is 4.39. The molecule has 1 saturated heterocycles. The van der Waals surface area contributed by atoms with Crippen LogP contribution in [0.1, 0.15) is 30.3 Å². The van der Waals surface area contributed by atoms with E-state index in [4.69, 9.17) is 5.73 Å². The highest BCUT2D eigenvalue weighted by Crippen LogP contribution is 2.24. The van der Waals surface area contributed by atoms with Crippen LogP contribution in [-0.2, 0) is 6.54 Å². The smallest absolute Gasteiger partial charge is 0.117 e. The Balaban J connectivity index is 2.09. The number of imidazole rings is 1. The number of pyridine rings is 1. The summed E-state index contributed by atoms with van der Waals surface area (Å²) in [4.78, 5) is 4.60. The second-order valence-electron chi connectivity index (χ2n) is 4.64. The Labute approximate surface area is 101 Å². The maximum absolute atomic E-state index is 5.81. The number of nitrogens with one attached hydrogen (secondary N) is 1. The molecule has 4 heteroatoms. The quantitative estimate of drug-likeness (QED) is 0.816. The Morgan fingerprint density at radius 3 is 3.18 bits per heavy atom. The third kappa shape index (κ3) is 1.83. The summed E-state index contributed by atoms with van der Waals surface area (Å²) < 4.78 is 2.22. The van der Waals surface area contributed by atoms with Gasteiger partial charge in [0.2, 0.25) is 0 Å². The van der Waals surface area contributed by atoms with Crippen molar-refractivity contribution in [2.24, 2.45) is 5.73 Å². The predicted octanol–water partition coefficient (Wildman–Crippen LogP) is 1.26. The maximum atomic E-state index is 5.81. The summed E-state index contributed by atoms with van der Waals surface area (Å²) in [5, 5.41) is 3.44. The fourth-order valence-electron chi connectivity index (χ4n) is 2.66. The van der Waals surface area contributed by atoms with Crippen molar-refractivity contribution in [2.45, 2.75) is 25.3 Å². The van der Waals surface area contributed by atoms with Crippen molar-refractivity contribution in [3.63, 3.8) is 0 Å². The fraction of sp³-hybridized carbons (Fsp3) is 0.462. The van der Waals surface area contributed by atoms with Crippen LogP contribution in [-0.4, -0.2) is 22.5 Å². The zero-order chi connectivity index (χ0) is 11.7. The van der Waals surface area contributed by atoms with Gasteiger partial charge in [0.15, 0.2) is 0 Å². The molecule has 0 radical (unpaired) electrons. The molecule has 90 valence electrons. The van der Waals surface area contributed by atoms with E-state index in [0.29, 0.717) is 12.5 Å². The molecule has 1 atom stereocenters. The van der Waals surface area contributed by atoms with Gasteiger partial charge in [0.1, 0.15) is 5.82 Å². The lowest BCUT2D eigenvalue weighted by atomic mass is 9.99. The molecule has 3 heterocycles. The molecule has 0 spiro atoms. The fourth-order valence-corrected chi connectivity index (χ4v) is 2.66. The van der Waals surface area contributed by atoms with E-state index < -0.39 is 0 Å². The molecule has 1 fully saturated rings. The molecule has 2 aromatic rings. The molecule has 1 aliphatic rings. The van der Waals surface area contributed by atoms with E-state index in [9.17, 15) is 0 Å². The minimum Gasteiger partial charge on any atom is -0.325 e. The normalized spacial score (nSPS) is 20.9. The van der Waals surface area contributed by atoms with Gasteiger partial charge in [0.05, 0.1) is 11.7 Å². The van der Waals surface area contributed by atoms with Gasteiger partial charge in [0, 0.05) is 24.7 Å². The predicted molar refractivity (Wildman–Crippen MR) is 67.9 cm³/mol. The standard InChI is InChI=1S/C13H18N4/c14-7-11-4-1-5-12-9-16-13(17(11)12)10-3-2-6-15-8-10/h1,4-5,9-10,15H,2-3,6-8,14H2. The Kier molecular flexibility index (Phi) is 2.82. The molecule has 0 aromatic carbocycles. The van der Waals surface area contributed by atoms with Crippen LogP contribution in [0.15, 0.2) is 24.4 Å². The average Bonchev–Trinajstić information content (AvgIpc) is 2.83. The van der Waals surface area contributed by atoms with Gasteiger partial charge in [-0.1, -0.05) is 6.07 Å². The number of rotatable bonds is 2. The first-order valence-corrected chi connectivity index (χ1v) is 6.26. The minimum absolute atomic E-state index is 0.513. The van der Waals surface area contributed by atoms with Crippen molar-refractivity contribution >= 4 is 5.52 Å². The Hall–Kier alpha value is -1.39. The van der Waals surface area contributed by atoms with Crippen molar-refractivity contribution in [3.8, 4) is 0 Å². The molecule has 1 unspecified atom stereocenters. The molecule has 0 amide bonds. The van der Waals surface area contributed by atoms with Crippen LogP contribution in [0.3, 0.4) is 0 Å². The van der Waals surface area contributed by atoms with Gasteiger partial charge in [0.25, 0.3) is 0 Å². The summed E-state index contributed by atoms with van der Waals surface area (Å²) in [5.41, 5.74) is 8.10. The number of aromatic nitrogens is 2. The Morgan fingerprint density at radius 1 is 1.47 bits per heavy atom. The van der Waals surface area contributed by atoms with Crippen LogP contribution in [0.5, 0.6) is 0 Å². The molecule has 4 nitrogen and oxygen atoms in total. The Bertz CT molecular complexity index is 511. The molecule has 0 bridgehead atoms. The zero-order valence-electron chi connectivity index (χ0n) is 9.89. The van der Waals surface area contributed by atoms with E-state index in [1.54, 1.807) is 0 Å². The topological polar surface area (TPSA) is 55.3 Å². The Morgan fingerprint density at radius 2 is 2.41 bits per heavy atom. The second-order valence-corrected chi connectivity index (χ2v) is 4.64. The largest absolute Gasteiger partial charge is 0.325 e. The summed E-state index contributed by atoms with van der Waals surface area (Å²) in [6, 6.07) is 6.21. The van der Waals surface area contributed by atoms with E-state index in [1.807, 2.05) is 12.3 Å². The van der Waals surface area contributed by atoms with Gasteiger partial charge >= 0.3 is 0 Å². The number of piperidine rings is 1. The first kappa shape index (κ1) is 10.7. The third-order valence-corrected chi connectivity index (χ3v) is 3.53. The van der Waals surface area contributed by atoms with Crippen molar-refractivity contribution in [3.05, 3.63) is 35.9 Å². The SMILES string of the molecule is NCc1cccc2cnc(C3CCCNC3)n12. The van der Waals surface area contributed by atoms with E-state index in [1.165, 1.54) is 12.8 Å². The van der Waals surface area contributed by atoms with Crippen LogP contribution < -0.4 is 11.1 Å². The first-order valence-electron chi connectivity index (χ1n) is 6.26. The van der Waals surface area contributed by atoms with Crippen molar-refractivity contribution in [1.82, 2.24) is 14.7 Å². The average molecular weight is 230 g/mol. The number of fused-ring (bicyclic) bond motifs is 1. The van der Waals surface area contributed by atoms with Crippen LogP contribution in [0, 0.1) is 0 Å². The maximum Gasteiger partial charge on any atom is 0.117 e. The monoisotopic (exact) mass is 230 g/mol. The summed E-state index contributed by atoms with van der Waals surface area (Å²) in [6.45, 7) is 2.71. The number of hydrogen-bond acceptors (Lipinski definition) is 3. The molecular formula is C13H18N4. The van der Waals surface area contributed by atoms with E-state index in [0.717, 1.165) is 30.1 Å². The molecule has 17 heavy (non-hydrogen) atoms. The molecule has 0 aliphatic carbocycles. The second kappa shape index (κ2) is 4.47. The summed E-state index contributed by atoms with van der Waals surface area (Å²) in [5.74, 6) is 1.67. The van der Waals surface area contributed by atoms with Crippen LogP contribution in [0.25, 0.3) is 5.52 Å². The molecule has 2 aromatic heterocycles. The summed E-state index contributed by atoms with van der Waals surface area (Å²) in [7, 11) is 0. The lowest BCUT2D eigenvalue weighted by molar-refractivity contribution is 0.444. The highest BCUT2D eigenvalue weighted by atomic mass is 15.0. The highest BCUT2D eigenvalue weighted by Gasteiger charge is 2.20.